The molecule has 1 aliphatic heterocycles. The first-order valence-electron chi connectivity index (χ1n) is 8.14. The Morgan fingerprint density at radius 2 is 1.40 bits per heavy atom. The van der Waals surface area contributed by atoms with E-state index in [4.69, 9.17) is 18.9 Å². The van der Waals surface area contributed by atoms with Gasteiger partial charge in [-0.25, -0.2) is 4.58 Å². The zero-order valence-electron chi connectivity index (χ0n) is 15.3. The third kappa shape index (κ3) is 3.14. The van der Waals surface area contributed by atoms with Crippen LogP contribution in [0.25, 0.3) is 0 Å². The largest absolute Gasteiger partial charge is 0.493 e. The van der Waals surface area contributed by atoms with Gasteiger partial charge in [-0.1, -0.05) is 0 Å². The Labute approximate surface area is 148 Å². The van der Waals surface area contributed by atoms with E-state index in [0.29, 0.717) is 0 Å². The number of ether oxygens (including phenoxy) is 4. The summed E-state index contributed by atoms with van der Waals surface area (Å²) < 4.78 is 23.9. The van der Waals surface area contributed by atoms with Gasteiger partial charge in [-0.3, -0.25) is 0 Å². The summed E-state index contributed by atoms with van der Waals surface area (Å²) in [6.45, 7) is 0. The molecule has 0 saturated carbocycles. The third-order valence-electron chi connectivity index (χ3n) is 4.69. The van der Waals surface area contributed by atoms with Crippen LogP contribution in [0.15, 0.2) is 30.3 Å². The molecule has 3 rings (SSSR count). The molecule has 5 nitrogen and oxygen atoms in total. The molecule has 25 heavy (non-hydrogen) atoms. The monoisotopic (exact) mass is 342 g/mol. The lowest BCUT2D eigenvalue weighted by atomic mass is 9.92. The average molecular weight is 342 g/mol. The van der Waals surface area contributed by atoms with Gasteiger partial charge in [0.2, 0.25) is 0 Å². The fraction of sp³-hybridized carbons (Fsp3) is 0.350. The van der Waals surface area contributed by atoms with E-state index in [0.717, 1.165) is 35.0 Å². The minimum Gasteiger partial charge on any atom is -0.493 e. The van der Waals surface area contributed by atoms with Crippen LogP contribution in [0.4, 0.5) is 0 Å². The van der Waals surface area contributed by atoms with Gasteiger partial charge in [-0.05, 0) is 35.9 Å². The van der Waals surface area contributed by atoms with E-state index in [2.05, 4.69) is 30.0 Å². The minimum absolute atomic E-state index is 0.213. The molecule has 1 atom stereocenters. The van der Waals surface area contributed by atoms with Crippen molar-refractivity contribution in [3.63, 3.8) is 0 Å². The second kappa shape index (κ2) is 7.05. The zero-order valence-corrected chi connectivity index (χ0v) is 15.3. The molecule has 0 aromatic heterocycles. The van der Waals surface area contributed by atoms with E-state index >= 15 is 0 Å². The van der Waals surface area contributed by atoms with Gasteiger partial charge in [0.1, 0.15) is 7.05 Å². The van der Waals surface area contributed by atoms with Crippen molar-refractivity contribution < 1.29 is 23.5 Å². The van der Waals surface area contributed by atoms with Crippen LogP contribution in [0.3, 0.4) is 0 Å². The normalized spacial score (nSPS) is 15.9. The number of hydrogen-bond donors (Lipinski definition) is 0. The maximum Gasteiger partial charge on any atom is 0.181 e. The highest BCUT2D eigenvalue weighted by Crippen LogP contribution is 2.37. The molecule has 1 heterocycles. The lowest BCUT2D eigenvalue weighted by molar-refractivity contribution is -0.541. The van der Waals surface area contributed by atoms with E-state index in [9.17, 15) is 0 Å². The summed E-state index contributed by atoms with van der Waals surface area (Å²) in [5.74, 6) is 2.98. The fourth-order valence-corrected chi connectivity index (χ4v) is 3.31. The molecule has 5 heteroatoms. The summed E-state index contributed by atoms with van der Waals surface area (Å²) in [4.78, 5) is 0. The molecule has 2 aromatic carbocycles. The van der Waals surface area contributed by atoms with Crippen LogP contribution in [0.5, 0.6) is 23.0 Å². The van der Waals surface area contributed by atoms with Gasteiger partial charge < -0.3 is 18.9 Å². The molecule has 1 aliphatic rings. The van der Waals surface area contributed by atoms with Crippen molar-refractivity contribution in [3.05, 3.63) is 47.0 Å². The van der Waals surface area contributed by atoms with E-state index in [1.165, 1.54) is 11.1 Å². The molecule has 0 amide bonds. The summed E-state index contributed by atoms with van der Waals surface area (Å²) in [7, 11) is 8.71. The predicted molar refractivity (Wildman–Crippen MR) is 96.9 cm³/mol. The zero-order chi connectivity index (χ0) is 18.0. The van der Waals surface area contributed by atoms with Crippen LogP contribution in [0.2, 0.25) is 0 Å². The second-order valence-electron chi connectivity index (χ2n) is 6.03. The number of methoxy groups -OCH3 is 4. The standard InChI is InChI=1S/C20H24NO4/c1-21-12-15-11-20(25-5)19(24-4)10-14(15)8-16(21)13-6-7-17(22-2)18(9-13)23-3/h6-7,9-12,16H,8H2,1-5H3/q+1. The molecule has 0 bridgehead atoms. The van der Waals surface area contributed by atoms with Crippen LogP contribution in [0, 0.1) is 0 Å². The third-order valence-corrected chi connectivity index (χ3v) is 4.69. The Kier molecular flexibility index (Phi) is 4.83. The molecular weight excluding hydrogens is 318 g/mol. The van der Waals surface area contributed by atoms with Crippen molar-refractivity contribution in [2.24, 2.45) is 0 Å². The van der Waals surface area contributed by atoms with Crippen LogP contribution in [-0.4, -0.2) is 46.3 Å². The van der Waals surface area contributed by atoms with Crippen molar-refractivity contribution in [2.75, 3.05) is 35.5 Å². The number of fused-ring (bicyclic) bond motifs is 1. The molecular formula is C20H24NO4+. The van der Waals surface area contributed by atoms with Gasteiger partial charge in [-0.2, -0.15) is 0 Å². The first-order chi connectivity index (χ1) is 12.1. The summed E-state index contributed by atoms with van der Waals surface area (Å²) in [6, 6.07) is 10.4. The molecule has 2 aromatic rings. The Bertz CT molecular complexity index is 814. The molecule has 0 fully saturated rings. The molecule has 1 unspecified atom stereocenters. The fourth-order valence-electron chi connectivity index (χ4n) is 3.31. The van der Waals surface area contributed by atoms with Crippen molar-refractivity contribution in [1.29, 1.82) is 0 Å². The van der Waals surface area contributed by atoms with Crippen molar-refractivity contribution in [1.82, 2.24) is 0 Å². The molecule has 132 valence electrons. The lowest BCUT2D eigenvalue weighted by Gasteiger charge is -2.22. The van der Waals surface area contributed by atoms with Gasteiger partial charge >= 0.3 is 0 Å². The number of rotatable bonds is 5. The molecule has 0 aliphatic carbocycles. The van der Waals surface area contributed by atoms with Gasteiger partial charge in [0.15, 0.2) is 35.3 Å². The summed E-state index contributed by atoms with van der Waals surface area (Å²) in [5.41, 5.74) is 3.56. The van der Waals surface area contributed by atoms with Gasteiger partial charge in [0.25, 0.3) is 0 Å². The molecule has 0 saturated heterocycles. The quantitative estimate of drug-likeness (QED) is 0.783. The Hall–Kier alpha value is -2.69. The number of hydrogen-bond acceptors (Lipinski definition) is 4. The first-order valence-corrected chi connectivity index (χ1v) is 8.14. The van der Waals surface area contributed by atoms with E-state index in [-0.39, 0.29) is 6.04 Å². The maximum absolute atomic E-state index is 5.45. The Morgan fingerprint density at radius 3 is 2.04 bits per heavy atom. The smallest absolute Gasteiger partial charge is 0.181 e. The number of likely N-dealkylation sites (N-methyl/N-ethyl adjacent to an activating group) is 1. The second-order valence-corrected chi connectivity index (χ2v) is 6.03. The molecule has 0 radical (unpaired) electrons. The molecule has 0 spiro atoms. The lowest BCUT2D eigenvalue weighted by Crippen LogP contribution is -2.24. The van der Waals surface area contributed by atoms with Crippen molar-refractivity contribution in [2.45, 2.75) is 12.5 Å². The van der Waals surface area contributed by atoms with Crippen LogP contribution >= 0.6 is 0 Å². The minimum atomic E-state index is 0.213. The molecule has 0 N–H and O–H groups in total. The summed E-state index contributed by atoms with van der Waals surface area (Å²) in [6.07, 6.45) is 3.01. The number of nitrogens with zero attached hydrogens (tertiary/aromatic N) is 1. The van der Waals surface area contributed by atoms with E-state index in [1.807, 2.05) is 18.2 Å². The highest BCUT2D eigenvalue weighted by atomic mass is 16.5. The van der Waals surface area contributed by atoms with E-state index < -0.39 is 0 Å². The number of benzene rings is 2. The van der Waals surface area contributed by atoms with Crippen molar-refractivity contribution in [3.8, 4) is 23.0 Å². The topological polar surface area (TPSA) is 39.9 Å². The van der Waals surface area contributed by atoms with Gasteiger partial charge in [0, 0.05) is 17.5 Å². The average Bonchev–Trinajstić information content (AvgIpc) is 2.65. The summed E-state index contributed by atoms with van der Waals surface area (Å²) >= 11 is 0. The maximum atomic E-state index is 5.45. The van der Waals surface area contributed by atoms with Crippen LogP contribution < -0.4 is 18.9 Å². The van der Waals surface area contributed by atoms with Crippen LogP contribution in [0.1, 0.15) is 22.7 Å². The van der Waals surface area contributed by atoms with Crippen molar-refractivity contribution >= 4 is 6.21 Å². The van der Waals surface area contributed by atoms with Gasteiger partial charge in [-0.15, -0.1) is 0 Å². The first kappa shape index (κ1) is 17.1. The van der Waals surface area contributed by atoms with Crippen LogP contribution in [-0.2, 0) is 6.42 Å². The SMILES string of the molecule is COc1ccc(C2Cc3cc(OC)c(OC)cc3C=[N+]2C)cc1OC. The predicted octanol–water partition coefficient (Wildman–Crippen LogP) is 3.08. The Morgan fingerprint density at radius 1 is 0.800 bits per heavy atom. The summed E-state index contributed by atoms with van der Waals surface area (Å²) in [5, 5.41) is 0. The highest BCUT2D eigenvalue weighted by molar-refractivity contribution is 5.81. The van der Waals surface area contributed by atoms with E-state index in [1.54, 1.807) is 28.4 Å². The highest BCUT2D eigenvalue weighted by Gasteiger charge is 2.28. The Balaban J connectivity index is 2.00. The van der Waals surface area contributed by atoms with Gasteiger partial charge in [0.05, 0.1) is 28.4 Å².